The number of nitrogens with one attached hydrogen (secondary N) is 1. The van der Waals surface area contributed by atoms with Crippen molar-refractivity contribution in [2.75, 3.05) is 7.05 Å². The van der Waals surface area contributed by atoms with Crippen molar-refractivity contribution >= 4 is 0 Å². The summed E-state index contributed by atoms with van der Waals surface area (Å²) in [4.78, 5) is 0. The number of alkyl halides is 2. The minimum absolute atomic E-state index is 0.0972. The molecule has 0 radical (unpaired) electrons. The van der Waals surface area contributed by atoms with E-state index in [1.54, 1.807) is 7.05 Å². The number of hydrogen-bond donors (Lipinski definition) is 1. The van der Waals surface area contributed by atoms with E-state index in [0.29, 0.717) is 0 Å². The van der Waals surface area contributed by atoms with Crippen LogP contribution in [0.5, 0.6) is 0 Å². The molecule has 0 bridgehead atoms. The summed E-state index contributed by atoms with van der Waals surface area (Å²) in [6.45, 7) is 3.89. The fourth-order valence-electron chi connectivity index (χ4n) is 1.36. The Balaban J connectivity index is 3.98. The van der Waals surface area contributed by atoms with Gasteiger partial charge in [-0.25, -0.2) is 8.78 Å². The van der Waals surface area contributed by atoms with Crippen molar-refractivity contribution in [3.63, 3.8) is 0 Å². The SMILES string of the molecule is CCC(CC)C(NC)C(F)F. The van der Waals surface area contributed by atoms with E-state index in [2.05, 4.69) is 5.32 Å². The average Bonchev–Trinajstić information content (AvgIpc) is 1.99. The van der Waals surface area contributed by atoms with Gasteiger partial charge in [0.05, 0.1) is 6.04 Å². The van der Waals surface area contributed by atoms with Crippen LogP contribution in [0.15, 0.2) is 0 Å². The van der Waals surface area contributed by atoms with Gasteiger partial charge in [-0.1, -0.05) is 26.7 Å². The molecule has 0 aromatic rings. The average molecular weight is 165 g/mol. The molecule has 0 aliphatic heterocycles. The third-order valence-electron chi connectivity index (χ3n) is 2.16. The van der Waals surface area contributed by atoms with Gasteiger partial charge in [-0.3, -0.25) is 0 Å². The Morgan fingerprint density at radius 2 is 1.64 bits per heavy atom. The third-order valence-corrected chi connectivity index (χ3v) is 2.16. The lowest BCUT2D eigenvalue weighted by molar-refractivity contribution is 0.0703. The van der Waals surface area contributed by atoms with Crippen molar-refractivity contribution in [3.05, 3.63) is 0 Å². The summed E-state index contributed by atoms with van der Waals surface area (Å²) in [7, 11) is 1.59. The van der Waals surface area contributed by atoms with E-state index in [-0.39, 0.29) is 5.92 Å². The van der Waals surface area contributed by atoms with Crippen LogP contribution in [-0.4, -0.2) is 19.5 Å². The highest BCUT2D eigenvalue weighted by Gasteiger charge is 2.25. The summed E-state index contributed by atoms with van der Waals surface area (Å²) >= 11 is 0. The Kier molecular flexibility index (Phi) is 5.38. The smallest absolute Gasteiger partial charge is 0.253 e. The molecular weight excluding hydrogens is 148 g/mol. The molecule has 68 valence electrons. The van der Waals surface area contributed by atoms with Crippen LogP contribution in [0, 0.1) is 5.92 Å². The molecular formula is C8H17F2N. The molecule has 1 atom stereocenters. The molecule has 0 aliphatic carbocycles. The van der Waals surface area contributed by atoms with Crippen LogP contribution in [-0.2, 0) is 0 Å². The van der Waals surface area contributed by atoms with Crippen LogP contribution in [0.3, 0.4) is 0 Å². The highest BCUT2D eigenvalue weighted by Crippen LogP contribution is 2.18. The minimum Gasteiger partial charge on any atom is -0.312 e. The van der Waals surface area contributed by atoms with Gasteiger partial charge in [0.2, 0.25) is 0 Å². The van der Waals surface area contributed by atoms with Gasteiger partial charge in [0.15, 0.2) is 0 Å². The molecule has 0 saturated heterocycles. The lowest BCUT2D eigenvalue weighted by atomic mass is 9.95. The molecule has 0 aliphatic rings. The molecule has 0 rings (SSSR count). The van der Waals surface area contributed by atoms with Gasteiger partial charge in [0.25, 0.3) is 6.43 Å². The van der Waals surface area contributed by atoms with Gasteiger partial charge in [-0.15, -0.1) is 0 Å². The fraction of sp³-hybridized carbons (Fsp3) is 1.00. The third kappa shape index (κ3) is 3.14. The zero-order chi connectivity index (χ0) is 8.85. The normalized spacial score (nSPS) is 14.5. The second-order valence-electron chi connectivity index (χ2n) is 2.73. The van der Waals surface area contributed by atoms with E-state index in [4.69, 9.17) is 0 Å². The molecule has 1 N–H and O–H groups in total. The molecule has 11 heavy (non-hydrogen) atoms. The van der Waals surface area contributed by atoms with E-state index < -0.39 is 12.5 Å². The van der Waals surface area contributed by atoms with Crippen molar-refractivity contribution in [2.24, 2.45) is 5.92 Å². The first kappa shape index (κ1) is 10.8. The van der Waals surface area contributed by atoms with Crippen molar-refractivity contribution < 1.29 is 8.78 Å². The summed E-state index contributed by atoms with van der Waals surface area (Å²) in [5, 5.41) is 2.65. The Hall–Kier alpha value is -0.180. The Bertz CT molecular complexity index is 92.1. The Labute approximate surface area is 67.2 Å². The second kappa shape index (κ2) is 5.47. The molecule has 0 heterocycles. The van der Waals surface area contributed by atoms with Gasteiger partial charge < -0.3 is 5.32 Å². The first-order chi connectivity index (χ1) is 5.17. The first-order valence-corrected chi connectivity index (χ1v) is 4.12. The molecule has 0 spiro atoms. The van der Waals surface area contributed by atoms with Crippen LogP contribution in [0.1, 0.15) is 26.7 Å². The number of rotatable bonds is 5. The topological polar surface area (TPSA) is 12.0 Å². The predicted molar refractivity (Wildman–Crippen MR) is 42.9 cm³/mol. The van der Waals surface area contributed by atoms with Crippen molar-refractivity contribution in [1.29, 1.82) is 0 Å². The first-order valence-electron chi connectivity index (χ1n) is 4.12. The lowest BCUT2D eigenvalue weighted by Gasteiger charge is -2.23. The zero-order valence-electron chi connectivity index (χ0n) is 7.40. The van der Waals surface area contributed by atoms with Crippen LogP contribution in [0.25, 0.3) is 0 Å². The van der Waals surface area contributed by atoms with Crippen molar-refractivity contribution in [2.45, 2.75) is 39.2 Å². The van der Waals surface area contributed by atoms with E-state index >= 15 is 0 Å². The highest BCUT2D eigenvalue weighted by atomic mass is 19.3. The fourth-order valence-corrected chi connectivity index (χ4v) is 1.36. The monoisotopic (exact) mass is 165 g/mol. The maximum Gasteiger partial charge on any atom is 0.253 e. The van der Waals surface area contributed by atoms with E-state index in [0.717, 1.165) is 12.8 Å². The Morgan fingerprint density at radius 1 is 1.18 bits per heavy atom. The van der Waals surface area contributed by atoms with Gasteiger partial charge in [-0.05, 0) is 13.0 Å². The highest BCUT2D eigenvalue weighted by molar-refractivity contribution is 4.75. The molecule has 0 amide bonds. The van der Waals surface area contributed by atoms with Crippen LogP contribution in [0.2, 0.25) is 0 Å². The van der Waals surface area contributed by atoms with Crippen LogP contribution < -0.4 is 5.32 Å². The summed E-state index contributed by atoms with van der Waals surface area (Å²) in [6.07, 6.45) is -0.622. The lowest BCUT2D eigenvalue weighted by Crippen LogP contribution is -2.39. The van der Waals surface area contributed by atoms with Crippen LogP contribution in [0.4, 0.5) is 8.78 Å². The number of halogens is 2. The minimum atomic E-state index is -2.25. The van der Waals surface area contributed by atoms with Crippen molar-refractivity contribution in [1.82, 2.24) is 5.32 Å². The van der Waals surface area contributed by atoms with Gasteiger partial charge >= 0.3 is 0 Å². The van der Waals surface area contributed by atoms with Crippen molar-refractivity contribution in [3.8, 4) is 0 Å². The summed E-state index contributed by atoms with van der Waals surface area (Å²) in [5.41, 5.74) is 0. The van der Waals surface area contributed by atoms with Crippen LogP contribution >= 0.6 is 0 Å². The quantitative estimate of drug-likeness (QED) is 0.659. The van der Waals surface area contributed by atoms with Gasteiger partial charge in [0, 0.05) is 0 Å². The summed E-state index contributed by atoms with van der Waals surface area (Å²) in [6, 6.07) is -0.634. The molecule has 1 unspecified atom stereocenters. The summed E-state index contributed by atoms with van der Waals surface area (Å²) < 4.78 is 24.5. The molecule has 0 saturated carbocycles. The largest absolute Gasteiger partial charge is 0.312 e. The molecule has 0 fully saturated rings. The molecule has 1 nitrogen and oxygen atoms in total. The predicted octanol–water partition coefficient (Wildman–Crippen LogP) is 2.28. The van der Waals surface area contributed by atoms with E-state index in [1.165, 1.54) is 0 Å². The second-order valence-corrected chi connectivity index (χ2v) is 2.73. The standard InChI is InChI=1S/C8H17F2N/c1-4-6(5-2)7(11-3)8(9)10/h6-8,11H,4-5H2,1-3H3. The van der Waals surface area contributed by atoms with E-state index in [9.17, 15) is 8.78 Å². The zero-order valence-corrected chi connectivity index (χ0v) is 7.40. The molecule has 0 aromatic heterocycles. The van der Waals surface area contributed by atoms with Gasteiger partial charge in [0.1, 0.15) is 0 Å². The maximum absolute atomic E-state index is 12.3. The van der Waals surface area contributed by atoms with Gasteiger partial charge in [-0.2, -0.15) is 0 Å². The molecule has 0 aromatic carbocycles. The Morgan fingerprint density at radius 3 is 1.73 bits per heavy atom. The number of hydrogen-bond acceptors (Lipinski definition) is 1. The maximum atomic E-state index is 12.3. The van der Waals surface area contributed by atoms with E-state index in [1.807, 2.05) is 13.8 Å². The molecule has 3 heteroatoms. The summed E-state index contributed by atoms with van der Waals surface area (Å²) in [5.74, 6) is 0.0972.